The normalized spacial score (nSPS) is 24.6. The molecule has 4 heteroatoms. The monoisotopic (exact) mass is 290 g/mol. The number of aliphatic hydroxyl groups is 1. The van der Waals surface area contributed by atoms with Gasteiger partial charge in [0.15, 0.2) is 0 Å². The van der Waals surface area contributed by atoms with Gasteiger partial charge < -0.3 is 10.4 Å². The largest absolute Gasteiger partial charge is 0.392 e. The first kappa shape index (κ1) is 16.0. The number of β-amino-alcohol motifs (C(OH)–C–C–N with tert-alkyl or cyclic N) is 1. The van der Waals surface area contributed by atoms with Crippen LogP contribution in [0.5, 0.6) is 0 Å². The van der Waals surface area contributed by atoms with Crippen molar-refractivity contribution in [1.82, 2.24) is 10.2 Å². The van der Waals surface area contributed by atoms with Crippen LogP contribution in [-0.4, -0.2) is 41.7 Å². The molecule has 0 aliphatic carbocycles. The molecule has 0 spiro atoms. The number of hydrogen-bond donors (Lipinski definition) is 2. The molecule has 1 aliphatic rings. The quantitative estimate of drug-likeness (QED) is 0.890. The van der Waals surface area contributed by atoms with Crippen LogP contribution in [0.4, 0.5) is 0 Å². The summed E-state index contributed by atoms with van der Waals surface area (Å²) in [6.45, 7) is 7.95. The van der Waals surface area contributed by atoms with Crippen LogP contribution in [0, 0.1) is 12.8 Å². The van der Waals surface area contributed by atoms with Crippen LogP contribution in [0.3, 0.4) is 0 Å². The molecule has 1 fully saturated rings. The number of carbonyl (C=O) groups excluding carboxylic acids is 1. The second-order valence-electron chi connectivity index (χ2n) is 6.21. The Balaban J connectivity index is 1.86. The number of aliphatic hydroxyl groups excluding tert-OH is 1. The highest BCUT2D eigenvalue weighted by Crippen LogP contribution is 2.18. The second kappa shape index (κ2) is 7.05. The summed E-state index contributed by atoms with van der Waals surface area (Å²) in [7, 11) is 0. The summed E-state index contributed by atoms with van der Waals surface area (Å²) in [4.78, 5) is 14.2. The lowest BCUT2D eigenvalue weighted by atomic mass is 9.96. The molecule has 4 nitrogen and oxygen atoms in total. The molecule has 1 saturated heterocycles. The minimum Gasteiger partial charge on any atom is -0.392 e. The minimum absolute atomic E-state index is 0.00679. The maximum absolute atomic E-state index is 12.2. The highest BCUT2D eigenvalue weighted by atomic mass is 16.3. The topological polar surface area (TPSA) is 52.6 Å². The standard InChI is InChI=1S/C17H26N2O2/c1-12-6-4-5-7-15(12)14(3)18-17(21)11-19-9-8-13(2)16(20)10-19/h4-7,13-14,16,20H,8-11H2,1-3H3,(H,18,21). The fraction of sp³-hybridized carbons (Fsp3) is 0.588. The second-order valence-corrected chi connectivity index (χ2v) is 6.21. The predicted octanol–water partition coefficient (Wildman–Crippen LogP) is 1.87. The molecule has 0 saturated carbocycles. The molecule has 0 aromatic heterocycles. The van der Waals surface area contributed by atoms with Gasteiger partial charge in [0.1, 0.15) is 0 Å². The zero-order chi connectivity index (χ0) is 15.4. The van der Waals surface area contributed by atoms with Gasteiger partial charge in [-0.05, 0) is 43.9 Å². The maximum atomic E-state index is 12.2. The lowest BCUT2D eigenvalue weighted by molar-refractivity contribution is -0.123. The fourth-order valence-electron chi connectivity index (χ4n) is 2.90. The van der Waals surface area contributed by atoms with E-state index < -0.39 is 0 Å². The van der Waals surface area contributed by atoms with Crippen LogP contribution in [0.2, 0.25) is 0 Å². The first-order chi connectivity index (χ1) is 9.97. The van der Waals surface area contributed by atoms with E-state index in [0.29, 0.717) is 19.0 Å². The molecule has 1 heterocycles. The van der Waals surface area contributed by atoms with E-state index in [9.17, 15) is 9.90 Å². The number of hydrogen-bond acceptors (Lipinski definition) is 3. The van der Waals surface area contributed by atoms with Crippen molar-refractivity contribution in [1.29, 1.82) is 0 Å². The SMILES string of the molecule is Cc1ccccc1C(C)NC(=O)CN1CCC(C)C(O)C1. The smallest absolute Gasteiger partial charge is 0.234 e. The van der Waals surface area contributed by atoms with Gasteiger partial charge in [0, 0.05) is 6.54 Å². The Morgan fingerprint density at radius 1 is 1.48 bits per heavy atom. The number of likely N-dealkylation sites (tertiary alicyclic amines) is 1. The van der Waals surface area contributed by atoms with Gasteiger partial charge in [-0.3, -0.25) is 9.69 Å². The van der Waals surface area contributed by atoms with Gasteiger partial charge in [0.25, 0.3) is 0 Å². The molecule has 2 N–H and O–H groups in total. The van der Waals surface area contributed by atoms with Crippen molar-refractivity contribution in [2.24, 2.45) is 5.92 Å². The number of amides is 1. The van der Waals surface area contributed by atoms with Gasteiger partial charge in [-0.1, -0.05) is 31.2 Å². The lowest BCUT2D eigenvalue weighted by Gasteiger charge is -2.34. The molecule has 1 aliphatic heterocycles. The third-order valence-electron chi connectivity index (χ3n) is 4.40. The van der Waals surface area contributed by atoms with Crippen LogP contribution in [0.25, 0.3) is 0 Å². The van der Waals surface area contributed by atoms with Gasteiger partial charge in [-0.15, -0.1) is 0 Å². The summed E-state index contributed by atoms with van der Waals surface area (Å²) >= 11 is 0. The number of benzene rings is 1. The number of rotatable bonds is 4. The third-order valence-corrected chi connectivity index (χ3v) is 4.40. The molecule has 0 bridgehead atoms. The zero-order valence-corrected chi connectivity index (χ0v) is 13.2. The fourth-order valence-corrected chi connectivity index (χ4v) is 2.90. The zero-order valence-electron chi connectivity index (χ0n) is 13.2. The van der Waals surface area contributed by atoms with Gasteiger partial charge in [-0.25, -0.2) is 0 Å². The van der Waals surface area contributed by atoms with Crippen LogP contribution in [-0.2, 0) is 4.79 Å². The van der Waals surface area contributed by atoms with Gasteiger partial charge in [-0.2, -0.15) is 0 Å². The summed E-state index contributed by atoms with van der Waals surface area (Å²) in [5, 5.41) is 12.9. The predicted molar refractivity (Wildman–Crippen MR) is 84.0 cm³/mol. The molecular formula is C17H26N2O2. The Morgan fingerprint density at radius 3 is 2.86 bits per heavy atom. The third kappa shape index (κ3) is 4.29. The molecule has 3 unspecified atom stereocenters. The van der Waals surface area contributed by atoms with Gasteiger partial charge >= 0.3 is 0 Å². The van der Waals surface area contributed by atoms with Gasteiger partial charge in [0.2, 0.25) is 5.91 Å². The minimum atomic E-state index is -0.319. The van der Waals surface area contributed by atoms with E-state index in [2.05, 4.69) is 25.2 Å². The lowest BCUT2D eigenvalue weighted by Crippen LogP contribution is -2.47. The molecule has 1 aromatic rings. The first-order valence-electron chi connectivity index (χ1n) is 7.72. The van der Waals surface area contributed by atoms with Crippen molar-refractivity contribution in [3.8, 4) is 0 Å². The van der Waals surface area contributed by atoms with E-state index in [0.717, 1.165) is 18.5 Å². The molecular weight excluding hydrogens is 264 g/mol. The molecule has 21 heavy (non-hydrogen) atoms. The van der Waals surface area contributed by atoms with Gasteiger partial charge in [0.05, 0.1) is 18.7 Å². The number of aryl methyl sites for hydroxylation is 1. The Labute approximate surface area is 127 Å². The van der Waals surface area contributed by atoms with Crippen molar-refractivity contribution >= 4 is 5.91 Å². The summed E-state index contributed by atoms with van der Waals surface area (Å²) in [5.74, 6) is 0.350. The molecule has 116 valence electrons. The number of nitrogens with zero attached hydrogens (tertiary/aromatic N) is 1. The van der Waals surface area contributed by atoms with Crippen molar-refractivity contribution in [2.75, 3.05) is 19.6 Å². The van der Waals surface area contributed by atoms with Crippen LogP contribution in [0.15, 0.2) is 24.3 Å². The van der Waals surface area contributed by atoms with E-state index in [4.69, 9.17) is 0 Å². The Bertz CT molecular complexity index is 489. The average molecular weight is 290 g/mol. The number of piperidine rings is 1. The van der Waals surface area contributed by atoms with Crippen molar-refractivity contribution in [3.05, 3.63) is 35.4 Å². The molecule has 2 rings (SSSR count). The molecule has 1 aromatic carbocycles. The summed E-state index contributed by atoms with van der Waals surface area (Å²) in [6.07, 6.45) is 0.627. The first-order valence-corrected chi connectivity index (χ1v) is 7.72. The summed E-state index contributed by atoms with van der Waals surface area (Å²) < 4.78 is 0. The van der Waals surface area contributed by atoms with Crippen LogP contribution >= 0.6 is 0 Å². The number of nitrogens with one attached hydrogen (secondary N) is 1. The summed E-state index contributed by atoms with van der Waals surface area (Å²) in [5.41, 5.74) is 2.34. The van der Waals surface area contributed by atoms with E-state index in [-0.39, 0.29) is 18.1 Å². The van der Waals surface area contributed by atoms with Crippen molar-refractivity contribution in [3.63, 3.8) is 0 Å². The molecule has 0 radical (unpaired) electrons. The maximum Gasteiger partial charge on any atom is 0.234 e. The number of carbonyl (C=O) groups is 1. The Hall–Kier alpha value is -1.39. The van der Waals surface area contributed by atoms with E-state index in [1.807, 2.05) is 30.0 Å². The highest BCUT2D eigenvalue weighted by molar-refractivity contribution is 5.78. The Kier molecular flexibility index (Phi) is 5.37. The van der Waals surface area contributed by atoms with Crippen molar-refractivity contribution in [2.45, 2.75) is 39.3 Å². The van der Waals surface area contributed by atoms with Crippen LogP contribution in [0.1, 0.15) is 37.4 Å². The molecule has 3 atom stereocenters. The van der Waals surface area contributed by atoms with E-state index in [1.54, 1.807) is 0 Å². The van der Waals surface area contributed by atoms with Crippen molar-refractivity contribution < 1.29 is 9.90 Å². The highest BCUT2D eigenvalue weighted by Gasteiger charge is 2.25. The van der Waals surface area contributed by atoms with E-state index in [1.165, 1.54) is 5.56 Å². The van der Waals surface area contributed by atoms with E-state index >= 15 is 0 Å². The molecule has 1 amide bonds. The van der Waals surface area contributed by atoms with Crippen LogP contribution < -0.4 is 5.32 Å². The summed E-state index contributed by atoms with van der Waals surface area (Å²) in [6, 6.07) is 8.11. The average Bonchev–Trinajstić information content (AvgIpc) is 2.43. The Morgan fingerprint density at radius 2 is 2.19 bits per heavy atom.